The third-order valence-corrected chi connectivity index (χ3v) is 6.72. The van der Waals surface area contributed by atoms with Gasteiger partial charge in [-0.15, -0.1) is 0 Å². The van der Waals surface area contributed by atoms with E-state index in [0.717, 1.165) is 12.8 Å². The summed E-state index contributed by atoms with van der Waals surface area (Å²) >= 11 is 18.4. The number of alkyl halides is 1. The molecule has 1 aliphatic carbocycles. The van der Waals surface area contributed by atoms with Crippen molar-refractivity contribution in [3.63, 3.8) is 0 Å². The Morgan fingerprint density at radius 2 is 1.78 bits per heavy atom. The first kappa shape index (κ1) is 15.1. The molecule has 1 aromatic carbocycles. The highest BCUT2D eigenvalue weighted by molar-refractivity contribution is 9.10. The van der Waals surface area contributed by atoms with E-state index in [-0.39, 0.29) is 14.9 Å². The average molecular weight is 438 g/mol. The number of hydrogen-bond acceptors (Lipinski definition) is 2. The number of sulfonamides is 1. The zero-order valence-electron chi connectivity index (χ0n) is 9.01. The summed E-state index contributed by atoms with van der Waals surface area (Å²) in [4.78, 5) is -0.0683. The van der Waals surface area contributed by atoms with Gasteiger partial charge in [0.25, 0.3) is 0 Å². The third kappa shape index (κ3) is 3.04. The van der Waals surface area contributed by atoms with Crippen LogP contribution in [0.5, 0.6) is 0 Å². The highest BCUT2D eigenvalue weighted by Crippen LogP contribution is 2.40. The van der Waals surface area contributed by atoms with Gasteiger partial charge in [0.05, 0.1) is 10.0 Å². The van der Waals surface area contributed by atoms with Crippen LogP contribution in [-0.4, -0.2) is 19.3 Å². The van der Waals surface area contributed by atoms with Gasteiger partial charge in [-0.25, -0.2) is 13.1 Å². The van der Waals surface area contributed by atoms with Crippen LogP contribution in [-0.2, 0) is 10.0 Å². The van der Waals surface area contributed by atoms with E-state index in [1.165, 1.54) is 12.1 Å². The maximum Gasteiger partial charge on any atom is 0.244 e. The Kier molecular flexibility index (Phi) is 4.37. The third-order valence-electron chi connectivity index (χ3n) is 2.69. The SMILES string of the molecule is O=S(=O)(NC1(CBr)CC1)c1c(Cl)cc(Br)cc1Cl. The molecule has 1 fully saturated rings. The fourth-order valence-electron chi connectivity index (χ4n) is 1.54. The van der Waals surface area contributed by atoms with Gasteiger partial charge in [0, 0.05) is 15.3 Å². The Morgan fingerprint density at radius 1 is 1.28 bits per heavy atom. The van der Waals surface area contributed by atoms with E-state index in [0.29, 0.717) is 9.80 Å². The molecule has 1 aliphatic rings. The van der Waals surface area contributed by atoms with Crippen LogP contribution in [0.15, 0.2) is 21.5 Å². The number of benzene rings is 1. The lowest BCUT2D eigenvalue weighted by atomic mass is 10.4. The lowest BCUT2D eigenvalue weighted by Crippen LogP contribution is -2.38. The summed E-state index contributed by atoms with van der Waals surface area (Å²) in [5.41, 5.74) is -0.390. The van der Waals surface area contributed by atoms with Crippen LogP contribution in [0, 0.1) is 0 Å². The number of halogens is 4. The van der Waals surface area contributed by atoms with E-state index < -0.39 is 15.6 Å². The molecule has 1 N–H and O–H groups in total. The molecule has 0 aromatic heterocycles. The number of nitrogens with one attached hydrogen (secondary N) is 1. The molecule has 0 bridgehead atoms. The van der Waals surface area contributed by atoms with Gasteiger partial charge >= 0.3 is 0 Å². The Balaban J connectivity index is 2.42. The summed E-state index contributed by atoms with van der Waals surface area (Å²) in [6.07, 6.45) is 1.62. The molecule has 0 spiro atoms. The predicted octanol–water partition coefficient (Wildman–Crippen LogP) is 3.96. The van der Waals surface area contributed by atoms with Gasteiger partial charge in [0.2, 0.25) is 10.0 Å². The highest BCUT2D eigenvalue weighted by atomic mass is 79.9. The minimum absolute atomic E-state index is 0.0683. The molecule has 0 aliphatic heterocycles. The van der Waals surface area contributed by atoms with Crippen molar-refractivity contribution in [3.8, 4) is 0 Å². The van der Waals surface area contributed by atoms with Crippen molar-refractivity contribution in [1.82, 2.24) is 4.72 Å². The Hall–Kier alpha value is 0.670. The standard InChI is InChI=1S/C10H9Br2Cl2NO2S/c11-5-10(1-2-10)15-18(16,17)9-7(13)3-6(12)4-8(9)14/h3-4,15H,1-2,5H2. The zero-order chi connectivity index (χ0) is 13.6. The first-order valence-corrected chi connectivity index (χ1v) is 9.19. The first-order valence-electron chi connectivity index (χ1n) is 5.04. The average Bonchev–Trinajstić information content (AvgIpc) is 2.95. The maximum absolute atomic E-state index is 12.3. The van der Waals surface area contributed by atoms with Crippen molar-refractivity contribution < 1.29 is 8.42 Å². The molecule has 3 nitrogen and oxygen atoms in total. The van der Waals surface area contributed by atoms with E-state index in [2.05, 4.69) is 36.6 Å². The molecule has 0 saturated heterocycles. The second-order valence-electron chi connectivity index (χ2n) is 4.22. The normalized spacial score (nSPS) is 17.8. The second kappa shape index (κ2) is 5.22. The van der Waals surface area contributed by atoms with Crippen molar-refractivity contribution in [2.24, 2.45) is 0 Å². The lowest BCUT2D eigenvalue weighted by Gasteiger charge is -2.16. The van der Waals surface area contributed by atoms with E-state index in [4.69, 9.17) is 23.2 Å². The monoisotopic (exact) mass is 435 g/mol. The van der Waals surface area contributed by atoms with Crippen LogP contribution in [0.2, 0.25) is 10.0 Å². The lowest BCUT2D eigenvalue weighted by molar-refractivity contribution is 0.561. The quantitative estimate of drug-likeness (QED) is 0.724. The van der Waals surface area contributed by atoms with Crippen LogP contribution in [0.25, 0.3) is 0 Å². The Morgan fingerprint density at radius 3 is 2.17 bits per heavy atom. The van der Waals surface area contributed by atoms with E-state index in [1.54, 1.807) is 0 Å². The van der Waals surface area contributed by atoms with Crippen LogP contribution < -0.4 is 4.72 Å². The maximum atomic E-state index is 12.3. The summed E-state index contributed by atoms with van der Waals surface area (Å²) in [6.45, 7) is 0. The minimum Gasteiger partial charge on any atom is -0.207 e. The van der Waals surface area contributed by atoms with Gasteiger partial charge in [0.1, 0.15) is 4.90 Å². The summed E-state index contributed by atoms with van der Waals surface area (Å²) < 4.78 is 27.9. The molecule has 0 atom stereocenters. The summed E-state index contributed by atoms with van der Waals surface area (Å²) in [6, 6.07) is 3.02. The molecule has 0 unspecified atom stereocenters. The van der Waals surface area contributed by atoms with E-state index in [9.17, 15) is 8.42 Å². The minimum atomic E-state index is -3.71. The fourth-order valence-corrected chi connectivity index (χ4v) is 5.82. The van der Waals surface area contributed by atoms with Crippen molar-refractivity contribution in [3.05, 3.63) is 26.7 Å². The summed E-state index contributed by atoms with van der Waals surface area (Å²) in [5.74, 6) is 0. The van der Waals surface area contributed by atoms with Gasteiger partial charge in [-0.1, -0.05) is 55.1 Å². The number of hydrogen-bond donors (Lipinski definition) is 1. The van der Waals surface area contributed by atoms with Crippen molar-refractivity contribution in [1.29, 1.82) is 0 Å². The van der Waals surface area contributed by atoms with Crippen molar-refractivity contribution in [2.45, 2.75) is 23.3 Å². The first-order chi connectivity index (χ1) is 8.30. The van der Waals surface area contributed by atoms with Gasteiger partial charge in [-0.05, 0) is 25.0 Å². The van der Waals surface area contributed by atoms with Crippen molar-refractivity contribution in [2.75, 3.05) is 5.33 Å². The molecule has 2 rings (SSSR count). The molecule has 0 radical (unpaired) electrons. The molecular weight excluding hydrogens is 429 g/mol. The van der Waals surface area contributed by atoms with Crippen molar-refractivity contribution >= 4 is 65.1 Å². The van der Waals surface area contributed by atoms with Gasteiger partial charge < -0.3 is 0 Å². The molecule has 0 amide bonds. The van der Waals surface area contributed by atoms with Crippen LogP contribution >= 0.6 is 55.1 Å². The molecule has 0 heterocycles. The molecule has 18 heavy (non-hydrogen) atoms. The second-order valence-corrected chi connectivity index (χ2v) is 8.13. The highest BCUT2D eigenvalue weighted by Gasteiger charge is 2.45. The summed E-state index contributed by atoms with van der Waals surface area (Å²) in [7, 11) is -3.71. The Labute approximate surface area is 133 Å². The fraction of sp³-hybridized carbons (Fsp3) is 0.400. The smallest absolute Gasteiger partial charge is 0.207 e. The van der Waals surface area contributed by atoms with Crippen LogP contribution in [0.4, 0.5) is 0 Å². The number of rotatable bonds is 4. The van der Waals surface area contributed by atoms with E-state index in [1.807, 2.05) is 0 Å². The summed E-state index contributed by atoms with van der Waals surface area (Å²) in [5, 5.41) is 0.782. The predicted molar refractivity (Wildman–Crippen MR) is 80.2 cm³/mol. The van der Waals surface area contributed by atoms with Gasteiger partial charge in [-0.2, -0.15) is 0 Å². The van der Waals surface area contributed by atoms with Crippen LogP contribution in [0.3, 0.4) is 0 Å². The van der Waals surface area contributed by atoms with Gasteiger partial charge in [0.15, 0.2) is 0 Å². The molecule has 1 saturated carbocycles. The zero-order valence-corrected chi connectivity index (χ0v) is 14.5. The topological polar surface area (TPSA) is 46.2 Å². The van der Waals surface area contributed by atoms with E-state index >= 15 is 0 Å². The Bertz CT molecular complexity index is 565. The van der Waals surface area contributed by atoms with Gasteiger partial charge in [-0.3, -0.25) is 0 Å². The molecule has 100 valence electrons. The van der Waals surface area contributed by atoms with Crippen LogP contribution in [0.1, 0.15) is 12.8 Å². The largest absolute Gasteiger partial charge is 0.244 e. The molecule has 1 aromatic rings. The molecular formula is C10H9Br2Cl2NO2S. The molecule has 8 heteroatoms.